The van der Waals surface area contributed by atoms with Crippen LogP contribution in [0.2, 0.25) is 0 Å². The normalized spacial score (nSPS) is 10.1. The number of hydrogen-bond acceptors (Lipinski definition) is 4. The first-order valence-corrected chi connectivity index (χ1v) is 5.84. The van der Waals surface area contributed by atoms with Crippen LogP contribution in [-0.2, 0) is 0 Å². The first kappa shape index (κ1) is 13.5. The molecular weight excluding hydrogens is 258 g/mol. The summed E-state index contributed by atoms with van der Waals surface area (Å²) in [4.78, 5) is 26.8. The summed E-state index contributed by atoms with van der Waals surface area (Å²) in [6.45, 7) is 1.78. The average molecular weight is 271 g/mol. The molecule has 0 saturated carbocycles. The summed E-state index contributed by atoms with van der Waals surface area (Å²) in [5, 5.41) is 11.5. The van der Waals surface area contributed by atoms with Crippen molar-refractivity contribution in [1.29, 1.82) is 0 Å². The molecule has 0 unspecified atom stereocenters. The molecule has 6 nitrogen and oxygen atoms in total. The zero-order valence-electron chi connectivity index (χ0n) is 10.8. The summed E-state index contributed by atoms with van der Waals surface area (Å²) < 4.78 is 0. The van der Waals surface area contributed by atoms with Crippen LogP contribution in [-0.4, -0.2) is 22.0 Å². The van der Waals surface area contributed by atoms with Gasteiger partial charge in [-0.05, 0) is 37.3 Å². The number of nitrogens with two attached hydrogens (primary N) is 1. The number of nitrogen functional groups attached to an aromatic ring is 1. The van der Waals surface area contributed by atoms with Crippen molar-refractivity contribution < 1.29 is 14.7 Å². The van der Waals surface area contributed by atoms with Crippen molar-refractivity contribution in [2.45, 2.75) is 6.92 Å². The van der Waals surface area contributed by atoms with E-state index >= 15 is 0 Å². The molecule has 4 N–H and O–H groups in total. The highest BCUT2D eigenvalue weighted by Gasteiger charge is 2.10. The van der Waals surface area contributed by atoms with Gasteiger partial charge in [-0.3, -0.25) is 9.78 Å². The summed E-state index contributed by atoms with van der Waals surface area (Å²) in [6, 6.07) is 7.38. The van der Waals surface area contributed by atoms with Crippen molar-refractivity contribution in [3.05, 3.63) is 53.3 Å². The summed E-state index contributed by atoms with van der Waals surface area (Å²) in [7, 11) is 0. The molecule has 0 bridgehead atoms. The van der Waals surface area contributed by atoms with Gasteiger partial charge in [0.05, 0.1) is 16.9 Å². The van der Waals surface area contributed by atoms with E-state index in [0.717, 1.165) is 5.69 Å². The molecule has 1 aromatic carbocycles. The number of carbonyl (C=O) groups excluding carboxylic acids is 1. The second-order valence-electron chi connectivity index (χ2n) is 4.25. The number of aromatic nitrogens is 1. The predicted octanol–water partition coefficient (Wildman–Crippen LogP) is 1.92. The third-order valence-corrected chi connectivity index (χ3v) is 2.71. The largest absolute Gasteiger partial charge is 0.478 e. The van der Waals surface area contributed by atoms with E-state index in [1.165, 1.54) is 18.2 Å². The Morgan fingerprint density at radius 3 is 2.55 bits per heavy atom. The smallest absolute Gasteiger partial charge is 0.335 e. The number of anilines is 2. The molecular formula is C14H13N3O3. The fourth-order valence-electron chi connectivity index (χ4n) is 1.69. The second kappa shape index (κ2) is 5.40. The van der Waals surface area contributed by atoms with Gasteiger partial charge in [0, 0.05) is 17.5 Å². The number of carbonyl (C=O) groups is 2. The number of aryl methyl sites for hydroxylation is 1. The van der Waals surface area contributed by atoms with Crippen LogP contribution < -0.4 is 11.1 Å². The molecule has 2 aromatic rings. The maximum absolute atomic E-state index is 12.0. The van der Waals surface area contributed by atoms with Gasteiger partial charge >= 0.3 is 5.97 Å². The Morgan fingerprint density at radius 2 is 1.95 bits per heavy atom. The molecule has 0 atom stereocenters. The highest BCUT2D eigenvalue weighted by atomic mass is 16.4. The number of amides is 1. The second-order valence-corrected chi connectivity index (χ2v) is 4.25. The molecule has 0 aliphatic rings. The number of hydrogen-bond donors (Lipinski definition) is 3. The van der Waals surface area contributed by atoms with Crippen LogP contribution in [0.3, 0.4) is 0 Å². The van der Waals surface area contributed by atoms with Crippen molar-refractivity contribution >= 4 is 23.3 Å². The molecule has 1 amide bonds. The number of aromatic carboxylic acids is 1. The Labute approximate surface area is 115 Å². The SMILES string of the molecule is Cc1cc(C(=O)Nc2ccc(C(=O)O)cc2N)ccn1. The first-order valence-electron chi connectivity index (χ1n) is 5.84. The molecule has 0 radical (unpaired) electrons. The molecule has 6 heteroatoms. The maximum atomic E-state index is 12.0. The van der Waals surface area contributed by atoms with Crippen LogP contribution >= 0.6 is 0 Å². The van der Waals surface area contributed by atoms with E-state index in [4.69, 9.17) is 10.8 Å². The quantitative estimate of drug-likeness (QED) is 0.739. The Balaban J connectivity index is 2.22. The van der Waals surface area contributed by atoms with Crippen LogP contribution in [0.4, 0.5) is 11.4 Å². The number of pyridine rings is 1. The number of benzene rings is 1. The zero-order chi connectivity index (χ0) is 14.7. The van der Waals surface area contributed by atoms with Crippen molar-refractivity contribution in [2.75, 3.05) is 11.1 Å². The van der Waals surface area contributed by atoms with Gasteiger partial charge in [0.25, 0.3) is 5.91 Å². The lowest BCUT2D eigenvalue weighted by Gasteiger charge is -2.09. The van der Waals surface area contributed by atoms with E-state index in [0.29, 0.717) is 11.3 Å². The van der Waals surface area contributed by atoms with Gasteiger partial charge in [-0.25, -0.2) is 4.79 Å². The van der Waals surface area contributed by atoms with Crippen LogP contribution in [0, 0.1) is 6.92 Å². The van der Waals surface area contributed by atoms with E-state index in [-0.39, 0.29) is 17.2 Å². The van der Waals surface area contributed by atoms with Crippen LogP contribution in [0.5, 0.6) is 0 Å². The van der Waals surface area contributed by atoms with Gasteiger partial charge in [0.15, 0.2) is 0 Å². The van der Waals surface area contributed by atoms with Gasteiger partial charge in [-0.2, -0.15) is 0 Å². The fourth-order valence-corrected chi connectivity index (χ4v) is 1.69. The number of carboxylic acids is 1. The van der Waals surface area contributed by atoms with Gasteiger partial charge in [-0.1, -0.05) is 0 Å². The molecule has 0 fully saturated rings. The predicted molar refractivity (Wildman–Crippen MR) is 74.7 cm³/mol. The number of nitrogens with one attached hydrogen (secondary N) is 1. The molecule has 0 aliphatic carbocycles. The third kappa shape index (κ3) is 2.92. The van der Waals surface area contributed by atoms with Crippen molar-refractivity contribution in [3.63, 3.8) is 0 Å². The Morgan fingerprint density at radius 1 is 1.20 bits per heavy atom. The van der Waals surface area contributed by atoms with Gasteiger partial charge in [-0.15, -0.1) is 0 Å². The Hall–Kier alpha value is -2.89. The third-order valence-electron chi connectivity index (χ3n) is 2.71. The maximum Gasteiger partial charge on any atom is 0.335 e. The molecule has 1 aromatic heterocycles. The van der Waals surface area contributed by atoms with Gasteiger partial charge < -0.3 is 16.2 Å². The lowest BCUT2D eigenvalue weighted by Crippen LogP contribution is -2.14. The lowest BCUT2D eigenvalue weighted by molar-refractivity contribution is 0.0697. The monoisotopic (exact) mass is 271 g/mol. The fraction of sp³-hybridized carbons (Fsp3) is 0.0714. The number of carboxylic acid groups (broad SMARTS) is 1. The number of nitrogens with zero attached hydrogens (tertiary/aromatic N) is 1. The molecule has 0 spiro atoms. The lowest BCUT2D eigenvalue weighted by atomic mass is 10.1. The average Bonchev–Trinajstić information content (AvgIpc) is 2.40. The van der Waals surface area contributed by atoms with Crippen LogP contribution in [0.25, 0.3) is 0 Å². The van der Waals surface area contributed by atoms with Gasteiger partial charge in [0.1, 0.15) is 0 Å². The van der Waals surface area contributed by atoms with Crippen LogP contribution in [0.1, 0.15) is 26.4 Å². The summed E-state index contributed by atoms with van der Waals surface area (Å²) in [5.74, 6) is -1.40. The minimum Gasteiger partial charge on any atom is -0.478 e. The van der Waals surface area contributed by atoms with Gasteiger partial charge in [0.2, 0.25) is 0 Å². The van der Waals surface area contributed by atoms with Crippen molar-refractivity contribution in [2.24, 2.45) is 0 Å². The topological polar surface area (TPSA) is 105 Å². The first-order chi connectivity index (χ1) is 9.47. The molecule has 0 saturated heterocycles. The standard InChI is InChI=1S/C14H13N3O3/c1-8-6-9(4-5-16-8)13(18)17-12-3-2-10(14(19)20)7-11(12)15/h2-7H,15H2,1H3,(H,17,18)(H,19,20). The van der Waals surface area contributed by atoms with E-state index < -0.39 is 5.97 Å². The number of rotatable bonds is 3. The molecule has 0 aliphatic heterocycles. The molecule has 2 rings (SSSR count). The summed E-state index contributed by atoms with van der Waals surface area (Å²) in [6.07, 6.45) is 1.54. The summed E-state index contributed by atoms with van der Waals surface area (Å²) in [5.41, 5.74) is 7.55. The Kier molecular flexibility index (Phi) is 3.65. The molecule has 1 heterocycles. The molecule has 20 heavy (non-hydrogen) atoms. The minimum absolute atomic E-state index is 0.0697. The summed E-state index contributed by atoms with van der Waals surface area (Å²) >= 11 is 0. The van der Waals surface area contributed by atoms with Crippen molar-refractivity contribution in [1.82, 2.24) is 4.98 Å². The van der Waals surface area contributed by atoms with E-state index in [9.17, 15) is 9.59 Å². The van der Waals surface area contributed by atoms with E-state index in [2.05, 4.69) is 10.3 Å². The Bertz CT molecular complexity index is 683. The highest BCUT2D eigenvalue weighted by Crippen LogP contribution is 2.20. The van der Waals surface area contributed by atoms with Crippen LogP contribution in [0.15, 0.2) is 36.5 Å². The highest BCUT2D eigenvalue weighted by molar-refractivity contribution is 6.06. The minimum atomic E-state index is -1.07. The van der Waals surface area contributed by atoms with E-state index in [1.807, 2.05) is 0 Å². The van der Waals surface area contributed by atoms with Crippen molar-refractivity contribution in [3.8, 4) is 0 Å². The zero-order valence-corrected chi connectivity index (χ0v) is 10.8. The molecule has 102 valence electrons. The van der Waals surface area contributed by atoms with E-state index in [1.54, 1.807) is 25.3 Å².